The highest BCUT2D eigenvalue weighted by atomic mass is 19.3. The molecule has 2 N–H and O–H groups in total. The standard InChI is InChI=1S/C7H11F2NO/c8-7(9)2-1-6(11)5(3-7)4-10/h5H,1-4,10H2. The van der Waals surface area contributed by atoms with Gasteiger partial charge in [0.15, 0.2) is 0 Å². The maximum absolute atomic E-state index is 12.6. The van der Waals surface area contributed by atoms with Crippen LogP contribution in [0.2, 0.25) is 0 Å². The van der Waals surface area contributed by atoms with Crippen molar-refractivity contribution in [2.24, 2.45) is 11.7 Å². The van der Waals surface area contributed by atoms with Gasteiger partial charge in [-0.3, -0.25) is 4.79 Å². The van der Waals surface area contributed by atoms with Crippen molar-refractivity contribution in [2.45, 2.75) is 25.2 Å². The molecule has 0 heterocycles. The summed E-state index contributed by atoms with van der Waals surface area (Å²) in [6, 6.07) is 0. The fraction of sp³-hybridized carbons (Fsp3) is 0.857. The van der Waals surface area contributed by atoms with Crippen LogP contribution < -0.4 is 5.73 Å². The van der Waals surface area contributed by atoms with Crippen LogP contribution in [0.4, 0.5) is 8.78 Å². The van der Waals surface area contributed by atoms with Crippen molar-refractivity contribution in [3.8, 4) is 0 Å². The van der Waals surface area contributed by atoms with Crippen molar-refractivity contribution in [3.05, 3.63) is 0 Å². The molecule has 1 rings (SSSR count). The van der Waals surface area contributed by atoms with Crippen LogP contribution in [0.3, 0.4) is 0 Å². The largest absolute Gasteiger partial charge is 0.330 e. The quantitative estimate of drug-likeness (QED) is 0.625. The Morgan fingerprint density at radius 3 is 2.73 bits per heavy atom. The Morgan fingerprint density at radius 1 is 1.64 bits per heavy atom. The van der Waals surface area contributed by atoms with Crippen molar-refractivity contribution in [1.29, 1.82) is 0 Å². The second-order valence-corrected chi connectivity index (χ2v) is 2.96. The van der Waals surface area contributed by atoms with E-state index in [9.17, 15) is 13.6 Å². The molecule has 0 amide bonds. The number of rotatable bonds is 1. The molecule has 0 aromatic heterocycles. The van der Waals surface area contributed by atoms with E-state index in [-0.39, 0.29) is 31.6 Å². The lowest BCUT2D eigenvalue weighted by Crippen LogP contribution is -2.36. The fourth-order valence-electron chi connectivity index (χ4n) is 1.30. The Bertz CT molecular complexity index is 170. The second kappa shape index (κ2) is 2.85. The molecular weight excluding hydrogens is 152 g/mol. The summed E-state index contributed by atoms with van der Waals surface area (Å²) in [5.74, 6) is -3.39. The SMILES string of the molecule is NCC1CC(F)(F)CCC1=O. The predicted octanol–water partition coefficient (Wildman–Crippen LogP) is 0.950. The molecule has 0 aliphatic heterocycles. The van der Waals surface area contributed by atoms with Crippen molar-refractivity contribution in [3.63, 3.8) is 0 Å². The molecule has 64 valence electrons. The molecule has 0 saturated heterocycles. The molecule has 1 atom stereocenters. The number of ketones is 1. The maximum atomic E-state index is 12.6. The molecule has 1 saturated carbocycles. The maximum Gasteiger partial charge on any atom is 0.249 e. The first-order valence-corrected chi connectivity index (χ1v) is 3.66. The van der Waals surface area contributed by atoms with Gasteiger partial charge in [-0.25, -0.2) is 8.78 Å². The zero-order valence-corrected chi connectivity index (χ0v) is 6.15. The molecule has 0 aromatic carbocycles. The Labute approximate surface area is 63.8 Å². The Kier molecular flexibility index (Phi) is 2.23. The number of nitrogens with two attached hydrogens (primary N) is 1. The lowest BCUT2D eigenvalue weighted by Gasteiger charge is -2.26. The highest BCUT2D eigenvalue weighted by Crippen LogP contribution is 2.34. The number of Topliss-reactive ketones (excluding diaryl/α,β-unsaturated/α-hetero) is 1. The first-order chi connectivity index (χ1) is 5.05. The molecule has 0 radical (unpaired) electrons. The first kappa shape index (κ1) is 8.59. The van der Waals surface area contributed by atoms with Gasteiger partial charge >= 0.3 is 0 Å². The summed E-state index contributed by atoms with van der Waals surface area (Å²) in [4.78, 5) is 10.9. The van der Waals surface area contributed by atoms with Gasteiger partial charge < -0.3 is 5.73 Å². The Morgan fingerprint density at radius 2 is 2.27 bits per heavy atom. The van der Waals surface area contributed by atoms with Crippen LogP contribution in [-0.4, -0.2) is 18.3 Å². The average Bonchev–Trinajstić information content (AvgIpc) is 1.94. The van der Waals surface area contributed by atoms with E-state index in [4.69, 9.17) is 5.73 Å². The number of hydrogen-bond donors (Lipinski definition) is 1. The minimum atomic E-state index is -2.67. The lowest BCUT2D eigenvalue weighted by molar-refractivity contribution is -0.134. The number of hydrogen-bond acceptors (Lipinski definition) is 2. The third kappa shape index (κ3) is 1.96. The minimum absolute atomic E-state index is 0.0190. The zero-order chi connectivity index (χ0) is 8.48. The summed E-state index contributed by atoms with van der Waals surface area (Å²) >= 11 is 0. The molecule has 0 aromatic rings. The van der Waals surface area contributed by atoms with Crippen molar-refractivity contribution >= 4 is 5.78 Å². The predicted molar refractivity (Wildman–Crippen MR) is 36.3 cm³/mol. The van der Waals surface area contributed by atoms with Gasteiger partial charge in [-0.1, -0.05) is 0 Å². The van der Waals surface area contributed by atoms with E-state index in [1.807, 2.05) is 0 Å². The summed E-state index contributed by atoms with van der Waals surface area (Å²) < 4.78 is 25.2. The smallest absolute Gasteiger partial charge is 0.249 e. The molecule has 1 fully saturated rings. The molecule has 1 unspecified atom stereocenters. The number of carbonyl (C=O) groups excluding carboxylic acids is 1. The Hall–Kier alpha value is -0.510. The topological polar surface area (TPSA) is 43.1 Å². The van der Waals surface area contributed by atoms with Crippen LogP contribution >= 0.6 is 0 Å². The first-order valence-electron chi connectivity index (χ1n) is 3.66. The van der Waals surface area contributed by atoms with Crippen molar-refractivity contribution < 1.29 is 13.6 Å². The molecule has 0 bridgehead atoms. The normalized spacial score (nSPS) is 30.5. The van der Waals surface area contributed by atoms with E-state index < -0.39 is 11.8 Å². The van der Waals surface area contributed by atoms with E-state index in [0.29, 0.717) is 0 Å². The molecule has 1 aliphatic rings. The van der Waals surface area contributed by atoms with Crippen molar-refractivity contribution in [1.82, 2.24) is 0 Å². The van der Waals surface area contributed by atoms with Gasteiger partial charge in [0, 0.05) is 31.7 Å². The Balaban J connectivity index is 2.58. The molecular formula is C7H11F2NO. The molecule has 0 spiro atoms. The van der Waals surface area contributed by atoms with Crippen LogP contribution in [0.1, 0.15) is 19.3 Å². The summed E-state index contributed by atoms with van der Waals surface area (Å²) in [7, 11) is 0. The van der Waals surface area contributed by atoms with E-state index in [2.05, 4.69) is 0 Å². The minimum Gasteiger partial charge on any atom is -0.330 e. The number of carbonyl (C=O) groups is 1. The van der Waals surface area contributed by atoms with Gasteiger partial charge in [0.05, 0.1) is 0 Å². The van der Waals surface area contributed by atoms with Crippen LogP contribution in [0, 0.1) is 5.92 Å². The van der Waals surface area contributed by atoms with Gasteiger partial charge in [0.2, 0.25) is 5.92 Å². The van der Waals surface area contributed by atoms with Crippen LogP contribution in [0.5, 0.6) is 0 Å². The fourth-order valence-corrected chi connectivity index (χ4v) is 1.30. The van der Waals surface area contributed by atoms with Gasteiger partial charge in [-0.15, -0.1) is 0 Å². The highest BCUT2D eigenvalue weighted by Gasteiger charge is 2.39. The number of alkyl halides is 2. The van der Waals surface area contributed by atoms with Crippen LogP contribution in [0.15, 0.2) is 0 Å². The second-order valence-electron chi connectivity index (χ2n) is 2.96. The van der Waals surface area contributed by atoms with Gasteiger partial charge in [-0.2, -0.15) is 0 Å². The summed E-state index contributed by atoms with van der Waals surface area (Å²) in [6.45, 7) is 0.0500. The van der Waals surface area contributed by atoms with Gasteiger partial charge in [0.1, 0.15) is 5.78 Å². The van der Waals surface area contributed by atoms with E-state index in [1.54, 1.807) is 0 Å². The number of halogens is 2. The third-order valence-corrected chi connectivity index (χ3v) is 2.02. The average molecular weight is 163 g/mol. The molecule has 11 heavy (non-hydrogen) atoms. The third-order valence-electron chi connectivity index (χ3n) is 2.02. The molecule has 1 aliphatic carbocycles. The van der Waals surface area contributed by atoms with E-state index in [1.165, 1.54) is 0 Å². The summed E-state index contributed by atoms with van der Waals surface area (Å²) in [6.07, 6.45) is -0.681. The highest BCUT2D eigenvalue weighted by molar-refractivity contribution is 5.82. The summed E-state index contributed by atoms with van der Waals surface area (Å²) in [5, 5.41) is 0. The molecule has 4 heteroatoms. The van der Waals surface area contributed by atoms with E-state index in [0.717, 1.165) is 0 Å². The zero-order valence-electron chi connectivity index (χ0n) is 6.15. The van der Waals surface area contributed by atoms with E-state index >= 15 is 0 Å². The van der Waals surface area contributed by atoms with Gasteiger partial charge in [0.25, 0.3) is 0 Å². The molecule has 2 nitrogen and oxygen atoms in total. The monoisotopic (exact) mass is 163 g/mol. The van der Waals surface area contributed by atoms with Crippen LogP contribution in [0.25, 0.3) is 0 Å². The van der Waals surface area contributed by atoms with Gasteiger partial charge in [-0.05, 0) is 0 Å². The lowest BCUT2D eigenvalue weighted by atomic mass is 9.85. The van der Waals surface area contributed by atoms with Crippen molar-refractivity contribution in [2.75, 3.05) is 6.54 Å². The summed E-state index contributed by atoms with van der Waals surface area (Å²) in [5.41, 5.74) is 5.16. The van der Waals surface area contributed by atoms with Crippen LogP contribution in [-0.2, 0) is 4.79 Å².